The molecule has 0 amide bonds. The number of aryl methyl sites for hydroxylation is 1. The minimum Gasteiger partial charge on any atom is -0.481 e. The number of carboxylic acids is 1. The summed E-state index contributed by atoms with van der Waals surface area (Å²) in [6, 6.07) is 5.08. The molecule has 0 spiro atoms. The number of carbonyl (C=O) groups is 1. The number of H-pyrrole nitrogens is 2. The van der Waals surface area contributed by atoms with Crippen molar-refractivity contribution in [2.24, 2.45) is 0 Å². The van der Waals surface area contributed by atoms with Crippen LogP contribution in [0.4, 0.5) is 0 Å². The van der Waals surface area contributed by atoms with Gasteiger partial charge in [0.1, 0.15) is 5.52 Å². The van der Waals surface area contributed by atoms with E-state index in [1.165, 1.54) is 0 Å². The van der Waals surface area contributed by atoms with Gasteiger partial charge in [0.15, 0.2) is 0 Å². The first-order chi connectivity index (χ1) is 15.8. The van der Waals surface area contributed by atoms with Gasteiger partial charge < -0.3 is 20.4 Å². The highest BCUT2D eigenvalue weighted by Crippen LogP contribution is 2.34. The molecule has 3 aromatic rings. The van der Waals surface area contributed by atoms with Crippen LogP contribution in [0.2, 0.25) is 0 Å². The zero-order chi connectivity index (χ0) is 23.2. The Morgan fingerprint density at radius 2 is 2.03 bits per heavy atom. The molecule has 0 radical (unpaired) electrons. The van der Waals surface area contributed by atoms with Gasteiger partial charge in [-0.05, 0) is 68.8 Å². The molecule has 1 aliphatic carbocycles. The Kier molecular flexibility index (Phi) is 5.75. The molecular weight excluding hydrogens is 444 g/mol. The van der Waals surface area contributed by atoms with Crippen molar-refractivity contribution in [1.82, 2.24) is 19.6 Å². The van der Waals surface area contributed by atoms with E-state index in [2.05, 4.69) is 15.3 Å². The van der Waals surface area contributed by atoms with Gasteiger partial charge in [0.05, 0.1) is 4.90 Å². The molecule has 1 aromatic carbocycles. The molecule has 2 fully saturated rings. The summed E-state index contributed by atoms with van der Waals surface area (Å²) in [4.78, 5) is 29.5. The maximum absolute atomic E-state index is 13.7. The minimum absolute atomic E-state index is 0.0268. The molecule has 1 atom stereocenters. The zero-order valence-electron chi connectivity index (χ0n) is 18.3. The minimum atomic E-state index is -3.71. The van der Waals surface area contributed by atoms with Gasteiger partial charge in [-0.1, -0.05) is 0 Å². The molecule has 2 aromatic heterocycles. The lowest BCUT2D eigenvalue weighted by Crippen LogP contribution is -2.42. The van der Waals surface area contributed by atoms with E-state index in [0.717, 1.165) is 37.8 Å². The second kappa shape index (κ2) is 8.58. The Labute approximate surface area is 191 Å². The highest BCUT2D eigenvalue weighted by Gasteiger charge is 2.39. The first-order valence-corrected chi connectivity index (χ1v) is 12.9. The number of aliphatic carboxylic acids is 1. The number of pyridine rings is 1. The molecule has 1 aliphatic heterocycles. The van der Waals surface area contributed by atoms with Crippen molar-refractivity contribution in [3.63, 3.8) is 0 Å². The number of aromatic nitrogens is 2. The van der Waals surface area contributed by atoms with Gasteiger partial charge in [0, 0.05) is 47.5 Å². The summed E-state index contributed by atoms with van der Waals surface area (Å²) in [6.45, 7) is 1.39. The number of hydrogen-bond acceptors (Lipinski definition) is 5. The summed E-state index contributed by atoms with van der Waals surface area (Å²) < 4.78 is 29.0. The second-order valence-electron chi connectivity index (χ2n) is 9.07. The summed E-state index contributed by atoms with van der Waals surface area (Å²) in [6.07, 6.45) is 6.43. The molecule has 5 rings (SSSR count). The fraction of sp³-hybridized carbons (Fsp3) is 0.478. The summed E-state index contributed by atoms with van der Waals surface area (Å²) in [5.74, 6) is -0.872. The van der Waals surface area contributed by atoms with E-state index in [0.29, 0.717) is 41.2 Å². The number of benzene rings is 1. The van der Waals surface area contributed by atoms with Crippen LogP contribution < -0.4 is 10.9 Å². The summed E-state index contributed by atoms with van der Waals surface area (Å²) in [5.41, 5.74) is 1.45. The Balaban J connectivity index is 1.56. The number of sulfonamides is 1. The standard InChI is InChI=1S/C23H28N4O5S/c28-20(29)5-1-3-14-12-25-22-21(14)18-11-17(8-9-19(18)26-23(22)30)33(31,32)27(16-6-7-16)13-15-4-2-10-24-15/h8-9,11-12,15-16,24-25H,1-7,10,13H2,(H,26,30)(H,28,29)/t15-/m0/s1. The average molecular weight is 473 g/mol. The van der Waals surface area contributed by atoms with Crippen molar-refractivity contribution < 1.29 is 18.3 Å². The molecule has 1 saturated carbocycles. The third kappa shape index (κ3) is 4.30. The Hall–Kier alpha value is -2.69. The number of rotatable bonds is 9. The van der Waals surface area contributed by atoms with Gasteiger partial charge in [-0.25, -0.2) is 8.42 Å². The topological polar surface area (TPSA) is 135 Å². The number of hydrogen-bond donors (Lipinski definition) is 4. The van der Waals surface area contributed by atoms with Crippen LogP contribution in [0, 0.1) is 0 Å². The highest BCUT2D eigenvalue weighted by molar-refractivity contribution is 7.89. The molecule has 0 unspecified atom stereocenters. The van der Waals surface area contributed by atoms with Gasteiger partial charge in [-0.2, -0.15) is 4.31 Å². The molecule has 10 heteroatoms. The third-order valence-corrected chi connectivity index (χ3v) is 8.57. The average Bonchev–Trinajstić information content (AvgIpc) is 3.29. The lowest BCUT2D eigenvalue weighted by molar-refractivity contribution is -0.137. The zero-order valence-corrected chi connectivity index (χ0v) is 19.1. The van der Waals surface area contributed by atoms with Gasteiger partial charge in [0.2, 0.25) is 10.0 Å². The number of nitrogens with one attached hydrogen (secondary N) is 3. The van der Waals surface area contributed by atoms with E-state index in [1.807, 2.05) is 0 Å². The Morgan fingerprint density at radius 1 is 1.21 bits per heavy atom. The molecule has 3 heterocycles. The highest BCUT2D eigenvalue weighted by atomic mass is 32.2. The first-order valence-electron chi connectivity index (χ1n) is 11.5. The molecule has 1 saturated heterocycles. The number of carboxylic acid groups (broad SMARTS) is 1. The summed E-state index contributed by atoms with van der Waals surface area (Å²) >= 11 is 0. The summed E-state index contributed by atoms with van der Waals surface area (Å²) in [7, 11) is -3.71. The molecule has 2 aliphatic rings. The predicted molar refractivity (Wildman–Crippen MR) is 125 cm³/mol. The van der Waals surface area contributed by atoms with Gasteiger partial charge in [-0.3, -0.25) is 9.59 Å². The maximum Gasteiger partial charge on any atom is 0.303 e. The van der Waals surface area contributed by atoms with Crippen molar-refractivity contribution in [3.05, 3.63) is 40.3 Å². The molecule has 33 heavy (non-hydrogen) atoms. The normalized spacial score (nSPS) is 19.1. The van der Waals surface area contributed by atoms with Crippen LogP contribution in [-0.2, 0) is 21.2 Å². The SMILES string of the molecule is O=C(O)CCCc1c[nH]c2c(=O)[nH]c3ccc(S(=O)(=O)N(C[C@@H]4CCCN4)C4CC4)cc3c12. The van der Waals surface area contributed by atoms with E-state index >= 15 is 0 Å². The molecular formula is C23H28N4O5S. The van der Waals surface area contributed by atoms with E-state index < -0.39 is 16.0 Å². The van der Waals surface area contributed by atoms with Crippen LogP contribution in [0.5, 0.6) is 0 Å². The van der Waals surface area contributed by atoms with Crippen molar-refractivity contribution in [1.29, 1.82) is 0 Å². The van der Waals surface area contributed by atoms with Crippen molar-refractivity contribution in [2.45, 2.75) is 61.9 Å². The van der Waals surface area contributed by atoms with E-state index in [-0.39, 0.29) is 29.0 Å². The van der Waals surface area contributed by atoms with Crippen LogP contribution in [-0.4, -0.2) is 58.9 Å². The molecule has 4 N–H and O–H groups in total. The third-order valence-electron chi connectivity index (χ3n) is 6.66. The summed E-state index contributed by atoms with van der Waals surface area (Å²) in [5, 5.41) is 13.7. The van der Waals surface area contributed by atoms with E-state index in [1.54, 1.807) is 28.7 Å². The Bertz CT molecular complexity index is 1370. The van der Waals surface area contributed by atoms with E-state index in [4.69, 9.17) is 5.11 Å². The Morgan fingerprint density at radius 3 is 2.73 bits per heavy atom. The fourth-order valence-corrected chi connectivity index (χ4v) is 6.59. The van der Waals surface area contributed by atoms with Gasteiger partial charge in [0.25, 0.3) is 5.56 Å². The predicted octanol–water partition coefficient (Wildman–Crippen LogP) is 2.32. The van der Waals surface area contributed by atoms with Gasteiger partial charge in [-0.15, -0.1) is 0 Å². The lowest BCUT2D eigenvalue weighted by atomic mass is 10.0. The van der Waals surface area contributed by atoms with E-state index in [9.17, 15) is 18.0 Å². The fourth-order valence-electron chi connectivity index (χ4n) is 4.83. The number of nitrogens with zero attached hydrogens (tertiary/aromatic N) is 1. The van der Waals surface area contributed by atoms with Crippen molar-refractivity contribution in [3.8, 4) is 0 Å². The monoisotopic (exact) mass is 472 g/mol. The van der Waals surface area contributed by atoms with Crippen LogP contribution in [0.25, 0.3) is 21.8 Å². The first kappa shape index (κ1) is 22.1. The molecule has 0 bridgehead atoms. The van der Waals surface area contributed by atoms with Crippen LogP contribution in [0.15, 0.2) is 34.1 Å². The van der Waals surface area contributed by atoms with Crippen molar-refractivity contribution in [2.75, 3.05) is 13.1 Å². The smallest absolute Gasteiger partial charge is 0.303 e. The quantitative estimate of drug-likeness (QED) is 0.377. The molecule has 9 nitrogen and oxygen atoms in total. The van der Waals surface area contributed by atoms with Crippen LogP contribution in [0.3, 0.4) is 0 Å². The lowest BCUT2D eigenvalue weighted by Gasteiger charge is -2.25. The maximum atomic E-state index is 13.7. The largest absolute Gasteiger partial charge is 0.481 e. The number of fused-ring (bicyclic) bond motifs is 3. The van der Waals surface area contributed by atoms with Crippen LogP contribution in [0.1, 0.15) is 44.1 Å². The van der Waals surface area contributed by atoms with Crippen LogP contribution >= 0.6 is 0 Å². The van der Waals surface area contributed by atoms with Gasteiger partial charge >= 0.3 is 5.97 Å². The second-order valence-corrected chi connectivity index (χ2v) is 11.0. The number of aromatic amines is 2. The molecule has 176 valence electrons. The van der Waals surface area contributed by atoms with Crippen molar-refractivity contribution >= 4 is 37.8 Å².